The van der Waals surface area contributed by atoms with Crippen LogP contribution in [0.4, 0.5) is 0 Å². The number of fused-ring (bicyclic) bond motifs is 1. The summed E-state index contributed by atoms with van der Waals surface area (Å²) in [7, 11) is 0. The Balaban J connectivity index is 1.65. The topological polar surface area (TPSA) is 124 Å². The number of thiazole rings is 1. The number of aromatic nitrogens is 1. The van der Waals surface area contributed by atoms with Crippen molar-refractivity contribution in [3.63, 3.8) is 0 Å². The SMILES string of the molecule is CC(C)[C@H](N)C(=O)OCOc1ccc2nc(C3=N[C@@H](C(=O)O)CS3)sc2c1. The summed E-state index contributed by atoms with van der Waals surface area (Å²) in [5.41, 5.74) is 6.49. The highest BCUT2D eigenvalue weighted by atomic mass is 32.2. The Labute approximate surface area is 163 Å². The summed E-state index contributed by atoms with van der Waals surface area (Å²) >= 11 is 2.80. The lowest BCUT2D eigenvalue weighted by atomic mass is 10.1. The van der Waals surface area contributed by atoms with E-state index < -0.39 is 24.0 Å². The largest absolute Gasteiger partial charge is 0.480 e. The van der Waals surface area contributed by atoms with Crippen LogP contribution in [-0.4, -0.2) is 51.7 Å². The van der Waals surface area contributed by atoms with Crippen LogP contribution in [0.1, 0.15) is 18.9 Å². The molecule has 10 heteroatoms. The van der Waals surface area contributed by atoms with Crippen LogP contribution in [0.2, 0.25) is 0 Å². The van der Waals surface area contributed by atoms with E-state index in [-0.39, 0.29) is 12.7 Å². The number of rotatable bonds is 7. The molecule has 0 saturated heterocycles. The van der Waals surface area contributed by atoms with Gasteiger partial charge in [0.15, 0.2) is 6.04 Å². The first-order valence-corrected chi connectivity index (χ1v) is 10.0. The smallest absolute Gasteiger partial charge is 0.329 e. The molecule has 0 fully saturated rings. The molecule has 3 rings (SSSR count). The Morgan fingerprint density at radius 2 is 2.19 bits per heavy atom. The second-order valence-electron chi connectivity index (χ2n) is 6.24. The molecule has 3 N–H and O–H groups in total. The highest BCUT2D eigenvalue weighted by Crippen LogP contribution is 2.31. The van der Waals surface area contributed by atoms with Gasteiger partial charge in [-0.1, -0.05) is 13.8 Å². The van der Waals surface area contributed by atoms with Crippen molar-refractivity contribution in [1.82, 2.24) is 4.98 Å². The van der Waals surface area contributed by atoms with Crippen molar-refractivity contribution < 1.29 is 24.2 Å². The first kappa shape index (κ1) is 19.6. The molecule has 0 radical (unpaired) electrons. The Bertz CT molecular complexity index is 896. The third-order valence-electron chi connectivity index (χ3n) is 3.90. The Kier molecular flexibility index (Phi) is 5.98. The average Bonchev–Trinajstić information content (AvgIpc) is 3.27. The summed E-state index contributed by atoms with van der Waals surface area (Å²) in [6, 6.07) is 3.91. The summed E-state index contributed by atoms with van der Waals surface area (Å²) in [6.07, 6.45) is 0. The number of aliphatic imine (C=N–C) groups is 1. The van der Waals surface area contributed by atoms with Gasteiger partial charge in [0.05, 0.1) is 10.2 Å². The zero-order valence-corrected chi connectivity index (χ0v) is 16.4. The summed E-state index contributed by atoms with van der Waals surface area (Å²) in [6.45, 7) is 3.46. The van der Waals surface area contributed by atoms with E-state index in [1.165, 1.54) is 23.1 Å². The van der Waals surface area contributed by atoms with Crippen molar-refractivity contribution in [3.8, 4) is 5.75 Å². The Hall–Kier alpha value is -2.17. The van der Waals surface area contributed by atoms with Crippen LogP contribution in [0.5, 0.6) is 5.75 Å². The number of aliphatic carboxylic acids is 1. The predicted octanol–water partition coefficient (Wildman–Crippen LogP) is 2.11. The fourth-order valence-corrected chi connectivity index (χ4v) is 4.32. The molecule has 1 aromatic heterocycles. The molecule has 2 heterocycles. The number of esters is 1. The molecular formula is C17H19N3O5S2. The number of thioether (sulfide) groups is 1. The Morgan fingerprint density at radius 3 is 2.85 bits per heavy atom. The zero-order chi connectivity index (χ0) is 19.6. The van der Waals surface area contributed by atoms with Crippen molar-refractivity contribution in [3.05, 3.63) is 23.2 Å². The number of nitrogens with two attached hydrogens (primary N) is 1. The van der Waals surface area contributed by atoms with Crippen LogP contribution in [-0.2, 0) is 14.3 Å². The summed E-state index contributed by atoms with van der Waals surface area (Å²) in [5, 5.41) is 10.4. The van der Waals surface area contributed by atoms with Gasteiger partial charge in [-0.2, -0.15) is 0 Å². The number of carbonyl (C=O) groups excluding carboxylic acids is 1. The fourth-order valence-electron chi connectivity index (χ4n) is 2.23. The average molecular weight is 409 g/mol. The number of hydrogen-bond donors (Lipinski definition) is 2. The molecule has 0 saturated carbocycles. The number of carbonyl (C=O) groups is 2. The Morgan fingerprint density at radius 1 is 1.41 bits per heavy atom. The van der Waals surface area contributed by atoms with Gasteiger partial charge in [-0.15, -0.1) is 23.1 Å². The summed E-state index contributed by atoms with van der Waals surface area (Å²) in [5.74, 6) is -0.496. The van der Waals surface area contributed by atoms with Crippen LogP contribution in [0.3, 0.4) is 0 Å². The van der Waals surface area contributed by atoms with Crippen LogP contribution < -0.4 is 10.5 Å². The van der Waals surface area contributed by atoms with E-state index in [2.05, 4.69) is 9.98 Å². The van der Waals surface area contributed by atoms with Gasteiger partial charge in [0.1, 0.15) is 21.8 Å². The van der Waals surface area contributed by atoms with Gasteiger partial charge in [-0.05, 0) is 24.1 Å². The van der Waals surface area contributed by atoms with Gasteiger partial charge in [0.25, 0.3) is 0 Å². The maximum Gasteiger partial charge on any atom is 0.329 e. The molecule has 144 valence electrons. The molecule has 2 atom stereocenters. The lowest BCUT2D eigenvalue weighted by Crippen LogP contribution is -2.37. The van der Waals surface area contributed by atoms with E-state index in [0.717, 1.165) is 10.2 Å². The van der Waals surface area contributed by atoms with Gasteiger partial charge >= 0.3 is 11.9 Å². The van der Waals surface area contributed by atoms with Crippen LogP contribution >= 0.6 is 23.1 Å². The van der Waals surface area contributed by atoms with Crippen LogP contribution in [0, 0.1) is 5.92 Å². The van der Waals surface area contributed by atoms with E-state index in [4.69, 9.17) is 20.3 Å². The molecule has 0 unspecified atom stereocenters. The number of benzene rings is 1. The van der Waals surface area contributed by atoms with Gasteiger partial charge < -0.3 is 20.3 Å². The molecule has 1 aliphatic rings. The van der Waals surface area contributed by atoms with Gasteiger partial charge in [0, 0.05) is 5.75 Å². The third-order valence-corrected chi connectivity index (χ3v) is 6.10. The predicted molar refractivity (Wildman–Crippen MR) is 104 cm³/mol. The van der Waals surface area contributed by atoms with E-state index >= 15 is 0 Å². The highest BCUT2D eigenvalue weighted by molar-refractivity contribution is 8.15. The van der Waals surface area contributed by atoms with Gasteiger partial charge in [-0.25, -0.2) is 9.78 Å². The van der Waals surface area contributed by atoms with Crippen molar-refractivity contribution in [2.24, 2.45) is 16.6 Å². The second kappa shape index (κ2) is 8.24. The first-order valence-electron chi connectivity index (χ1n) is 8.24. The van der Waals surface area contributed by atoms with E-state index in [9.17, 15) is 9.59 Å². The van der Waals surface area contributed by atoms with Crippen molar-refractivity contribution in [2.75, 3.05) is 12.5 Å². The fraction of sp³-hybridized carbons (Fsp3) is 0.412. The molecule has 1 aromatic carbocycles. The summed E-state index contributed by atoms with van der Waals surface area (Å²) in [4.78, 5) is 31.4. The molecule has 1 aliphatic heterocycles. The number of nitrogens with zero attached hydrogens (tertiary/aromatic N) is 2. The maximum atomic E-state index is 11.7. The molecule has 0 amide bonds. The minimum Gasteiger partial charge on any atom is -0.480 e. The van der Waals surface area contributed by atoms with Crippen molar-refractivity contribution in [1.29, 1.82) is 0 Å². The molecule has 2 aromatic rings. The van der Waals surface area contributed by atoms with Gasteiger partial charge in [0.2, 0.25) is 6.79 Å². The molecule has 0 aliphatic carbocycles. The number of carboxylic acid groups (broad SMARTS) is 1. The standard InChI is InChI=1S/C17H19N3O5S2/c1-8(2)13(18)17(23)25-7-24-9-3-4-10-12(5-9)27-15(19-10)14-20-11(6-26-14)16(21)22/h3-5,8,11,13H,6-7,18H2,1-2H3,(H,21,22)/t11-,13+/m1/s1. The first-order chi connectivity index (χ1) is 12.8. The maximum absolute atomic E-state index is 11.7. The molecule has 0 spiro atoms. The second-order valence-corrected chi connectivity index (χ2v) is 8.28. The number of hydrogen-bond acceptors (Lipinski definition) is 9. The molecule has 27 heavy (non-hydrogen) atoms. The third kappa shape index (κ3) is 4.57. The highest BCUT2D eigenvalue weighted by Gasteiger charge is 2.27. The van der Waals surface area contributed by atoms with E-state index in [1.54, 1.807) is 18.2 Å². The van der Waals surface area contributed by atoms with Crippen LogP contribution in [0.25, 0.3) is 10.2 Å². The molecule has 8 nitrogen and oxygen atoms in total. The zero-order valence-electron chi connectivity index (χ0n) is 14.7. The monoisotopic (exact) mass is 409 g/mol. The number of ether oxygens (including phenoxy) is 2. The van der Waals surface area contributed by atoms with E-state index in [1.807, 2.05) is 13.8 Å². The lowest BCUT2D eigenvalue weighted by Gasteiger charge is -2.14. The van der Waals surface area contributed by atoms with E-state index in [0.29, 0.717) is 21.6 Å². The number of carboxylic acids is 1. The van der Waals surface area contributed by atoms with Gasteiger partial charge in [-0.3, -0.25) is 9.79 Å². The van der Waals surface area contributed by atoms with Crippen molar-refractivity contribution >= 4 is 50.3 Å². The summed E-state index contributed by atoms with van der Waals surface area (Å²) < 4.78 is 11.4. The molecule has 0 bridgehead atoms. The molecular weight excluding hydrogens is 390 g/mol. The van der Waals surface area contributed by atoms with Crippen LogP contribution in [0.15, 0.2) is 23.2 Å². The quantitative estimate of drug-likeness (QED) is 0.526. The minimum absolute atomic E-state index is 0.0124. The lowest BCUT2D eigenvalue weighted by molar-refractivity contribution is -0.152. The van der Waals surface area contributed by atoms with Crippen molar-refractivity contribution in [2.45, 2.75) is 25.9 Å². The minimum atomic E-state index is -0.930. The normalized spacial score (nSPS) is 17.8.